The molecule has 3 aromatic rings. The molecule has 7 nitrogen and oxygen atoms in total. The molecular weight excluding hydrogens is 409 g/mol. The van der Waals surface area contributed by atoms with E-state index in [0.717, 1.165) is 11.4 Å². The number of para-hydroxylation sites is 1. The average Bonchev–Trinajstić information content (AvgIpc) is 3.23. The zero-order valence-corrected chi connectivity index (χ0v) is 18.3. The molecule has 168 valence electrons. The third-order valence-electron chi connectivity index (χ3n) is 5.30. The summed E-state index contributed by atoms with van der Waals surface area (Å²) in [5.41, 5.74) is 2.79. The van der Waals surface area contributed by atoms with Crippen LogP contribution >= 0.6 is 0 Å². The molecule has 2 unspecified atom stereocenters. The van der Waals surface area contributed by atoms with Crippen molar-refractivity contribution < 1.29 is 13.9 Å². The number of carbonyl (C=O) groups excluding carboxylic acids is 1. The van der Waals surface area contributed by atoms with Crippen LogP contribution in [0.3, 0.4) is 0 Å². The summed E-state index contributed by atoms with van der Waals surface area (Å²) in [4.78, 5) is 14.2. The molecule has 2 N–H and O–H groups in total. The third-order valence-corrected chi connectivity index (χ3v) is 5.30. The second kappa shape index (κ2) is 9.82. The lowest BCUT2D eigenvalue weighted by Crippen LogP contribution is -2.45. The molecule has 32 heavy (non-hydrogen) atoms. The Morgan fingerprint density at radius 2 is 1.88 bits per heavy atom. The number of morpholine rings is 1. The van der Waals surface area contributed by atoms with Crippen LogP contribution in [0, 0.1) is 5.82 Å². The predicted octanol–water partition coefficient (Wildman–Crippen LogP) is 3.99. The van der Waals surface area contributed by atoms with Gasteiger partial charge in [0.15, 0.2) is 0 Å². The number of nitrogens with one attached hydrogen (secondary N) is 2. The number of urea groups is 1. The predicted molar refractivity (Wildman–Crippen MR) is 123 cm³/mol. The summed E-state index contributed by atoms with van der Waals surface area (Å²) in [7, 11) is 0. The van der Waals surface area contributed by atoms with E-state index in [-0.39, 0.29) is 24.1 Å². The van der Waals surface area contributed by atoms with Gasteiger partial charge in [0.1, 0.15) is 5.82 Å². The molecule has 1 saturated heterocycles. The van der Waals surface area contributed by atoms with E-state index in [1.54, 1.807) is 16.8 Å². The Hall–Kier alpha value is -3.39. The van der Waals surface area contributed by atoms with Crippen molar-refractivity contribution in [1.82, 2.24) is 15.1 Å². The van der Waals surface area contributed by atoms with Crippen LogP contribution in [0.4, 0.5) is 20.6 Å². The van der Waals surface area contributed by atoms with Crippen molar-refractivity contribution in [3.8, 4) is 5.69 Å². The summed E-state index contributed by atoms with van der Waals surface area (Å²) < 4.78 is 22.2. The van der Waals surface area contributed by atoms with Gasteiger partial charge in [0.2, 0.25) is 0 Å². The highest BCUT2D eigenvalue weighted by molar-refractivity contribution is 5.89. The van der Waals surface area contributed by atoms with Crippen LogP contribution in [0.15, 0.2) is 60.8 Å². The van der Waals surface area contributed by atoms with Gasteiger partial charge in [-0.05, 0) is 50.2 Å². The molecule has 0 saturated carbocycles. The van der Waals surface area contributed by atoms with Gasteiger partial charge in [0.05, 0.1) is 29.3 Å². The normalized spacial score (nSPS) is 18.4. The Morgan fingerprint density at radius 3 is 2.59 bits per heavy atom. The van der Waals surface area contributed by atoms with Crippen molar-refractivity contribution in [1.29, 1.82) is 0 Å². The average molecular weight is 438 g/mol. The molecule has 2 amide bonds. The molecule has 0 aliphatic carbocycles. The monoisotopic (exact) mass is 437 g/mol. The highest BCUT2D eigenvalue weighted by Gasteiger charge is 2.24. The van der Waals surface area contributed by atoms with Gasteiger partial charge in [-0.2, -0.15) is 5.10 Å². The molecule has 2 atom stereocenters. The Balaban J connectivity index is 1.27. The molecule has 0 bridgehead atoms. The van der Waals surface area contributed by atoms with Crippen molar-refractivity contribution >= 4 is 17.4 Å². The SMILES string of the molecule is CC1CN(c2ccc(NC(=O)NCCc3ccn(-c4ccccc4)n3)cc2F)CC(C)O1. The second-order valence-electron chi connectivity index (χ2n) is 8.05. The summed E-state index contributed by atoms with van der Waals surface area (Å²) in [6, 6.07) is 16.1. The fourth-order valence-electron chi connectivity index (χ4n) is 3.91. The minimum atomic E-state index is -0.381. The molecule has 0 radical (unpaired) electrons. The van der Waals surface area contributed by atoms with Crippen molar-refractivity contribution in [2.24, 2.45) is 0 Å². The van der Waals surface area contributed by atoms with Crippen LogP contribution in [0.1, 0.15) is 19.5 Å². The summed E-state index contributed by atoms with van der Waals surface area (Å²) in [6.45, 7) is 5.64. The number of ether oxygens (including phenoxy) is 1. The number of amides is 2. The molecule has 4 rings (SSSR count). The van der Waals surface area contributed by atoms with Crippen LogP contribution in [0.2, 0.25) is 0 Å². The highest BCUT2D eigenvalue weighted by atomic mass is 19.1. The lowest BCUT2D eigenvalue weighted by Gasteiger charge is -2.37. The van der Waals surface area contributed by atoms with Gasteiger partial charge in [-0.1, -0.05) is 18.2 Å². The Labute approximate surface area is 187 Å². The van der Waals surface area contributed by atoms with E-state index in [2.05, 4.69) is 15.7 Å². The van der Waals surface area contributed by atoms with E-state index in [1.807, 2.05) is 61.3 Å². The van der Waals surface area contributed by atoms with Gasteiger partial charge in [-0.25, -0.2) is 13.9 Å². The summed E-state index contributed by atoms with van der Waals surface area (Å²) in [5, 5.41) is 10.00. The van der Waals surface area contributed by atoms with Crippen LogP contribution in [0.5, 0.6) is 0 Å². The molecule has 0 spiro atoms. The Bertz CT molecular complexity index is 1050. The standard InChI is InChI=1S/C24H28FN5O2/c1-17-15-29(16-18(2)32-17)23-9-8-20(14-22(23)25)27-24(31)26-12-10-19-11-13-30(28-19)21-6-4-3-5-7-21/h3-9,11,13-14,17-18H,10,12,15-16H2,1-2H3,(H2,26,27,31). The molecular formula is C24H28FN5O2. The molecule has 2 heterocycles. The molecule has 8 heteroatoms. The maximum Gasteiger partial charge on any atom is 0.319 e. The molecule has 1 aromatic heterocycles. The van der Waals surface area contributed by atoms with Gasteiger partial charge >= 0.3 is 6.03 Å². The number of hydrogen-bond donors (Lipinski definition) is 2. The number of aromatic nitrogens is 2. The fourth-order valence-corrected chi connectivity index (χ4v) is 3.91. The number of hydrogen-bond acceptors (Lipinski definition) is 4. The Morgan fingerprint density at radius 1 is 1.12 bits per heavy atom. The third kappa shape index (κ3) is 5.45. The number of nitrogens with zero attached hydrogens (tertiary/aromatic N) is 3. The van der Waals surface area contributed by atoms with Gasteiger partial charge in [0.25, 0.3) is 0 Å². The lowest BCUT2D eigenvalue weighted by atomic mass is 10.2. The second-order valence-corrected chi connectivity index (χ2v) is 8.05. The number of halogens is 1. The Kier molecular flexibility index (Phi) is 6.70. The van der Waals surface area contributed by atoms with Gasteiger partial charge in [-0.15, -0.1) is 0 Å². The molecule has 2 aromatic carbocycles. The maximum absolute atomic E-state index is 14.7. The van der Waals surface area contributed by atoms with Crippen LogP contribution in [-0.2, 0) is 11.2 Å². The zero-order chi connectivity index (χ0) is 22.5. The minimum Gasteiger partial charge on any atom is -0.372 e. The van der Waals surface area contributed by atoms with Crippen LogP contribution in [-0.4, -0.2) is 47.7 Å². The first kappa shape index (κ1) is 21.8. The van der Waals surface area contributed by atoms with Crippen molar-refractivity contribution in [2.75, 3.05) is 29.9 Å². The van der Waals surface area contributed by atoms with Gasteiger partial charge in [0, 0.05) is 37.9 Å². The quantitative estimate of drug-likeness (QED) is 0.612. The first-order valence-electron chi connectivity index (χ1n) is 10.8. The van der Waals surface area contributed by atoms with Gasteiger partial charge in [-0.3, -0.25) is 0 Å². The number of rotatable bonds is 6. The first-order chi connectivity index (χ1) is 15.5. The van der Waals surface area contributed by atoms with Crippen molar-refractivity contribution in [3.05, 3.63) is 72.3 Å². The number of anilines is 2. The van der Waals surface area contributed by atoms with Crippen molar-refractivity contribution in [2.45, 2.75) is 32.5 Å². The molecule has 1 aliphatic rings. The van der Waals surface area contributed by atoms with Crippen LogP contribution in [0.25, 0.3) is 5.69 Å². The number of benzene rings is 2. The fraction of sp³-hybridized carbons (Fsp3) is 0.333. The van der Waals surface area contributed by atoms with E-state index in [4.69, 9.17) is 4.74 Å². The van der Waals surface area contributed by atoms with E-state index in [9.17, 15) is 9.18 Å². The molecule has 1 aliphatic heterocycles. The summed E-state index contributed by atoms with van der Waals surface area (Å²) in [6.07, 6.45) is 2.57. The smallest absolute Gasteiger partial charge is 0.319 e. The van der Waals surface area contributed by atoms with E-state index >= 15 is 0 Å². The van der Waals surface area contributed by atoms with E-state index in [1.165, 1.54) is 6.07 Å². The largest absolute Gasteiger partial charge is 0.372 e. The zero-order valence-electron chi connectivity index (χ0n) is 18.3. The topological polar surface area (TPSA) is 71.4 Å². The number of carbonyl (C=O) groups is 1. The summed E-state index contributed by atoms with van der Waals surface area (Å²) in [5.74, 6) is -0.365. The van der Waals surface area contributed by atoms with Crippen LogP contribution < -0.4 is 15.5 Å². The summed E-state index contributed by atoms with van der Waals surface area (Å²) >= 11 is 0. The first-order valence-corrected chi connectivity index (χ1v) is 10.8. The van der Waals surface area contributed by atoms with E-state index < -0.39 is 0 Å². The highest BCUT2D eigenvalue weighted by Crippen LogP contribution is 2.26. The maximum atomic E-state index is 14.7. The van der Waals surface area contributed by atoms with E-state index in [0.29, 0.717) is 37.4 Å². The molecule has 1 fully saturated rings. The minimum absolute atomic E-state index is 0.0424. The lowest BCUT2D eigenvalue weighted by molar-refractivity contribution is -0.00539. The van der Waals surface area contributed by atoms with Crippen molar-refractivity contribution in [3.63, 3.8) is 0 Å². The van der Waals surface area contributed by atoms with Gasteiger partial charge < -0.3 is 20.3 Å².